The number of para-hydroxylation sites is 1. The smallest absolute Gasteiger partial charge is 0.246 e. The average Bonchev–Trinajstić information content (AvgIpc) is 2.84. The van der Waals surface area contributed by atoms with Crippen LogP contribution in [0.2, 0.25) is 0 Å². The minimum atomic E-state index is -0.330. The Hall–Kier alpha value is -2.73. The Balaban J connectivity index is 1.67. The van der Waals surface area contributed by atoms with Crippen LogP contribution in [0.25, 0.3) is 17.0 Å². The van der Waals surface area contributed by atoms with Crippen LogP contribution in [0.3, 0.4) is 0 Å². The van der Waals surface area contributed by atoms with Gasteiger partial charge in [0.1, 0.15) is 0 Å². The highest BCUT2D eigenvalue weighted by atomic mass is 16.2. The molecule has 6 heteroatoms. The van der Waals surface area contributed by atoms with E-state index in [0.29, 0.717) is 19.6 Å². The van der Waals surface area contributed by atoms with Crippen molar-refractivity contribution in [1.82, 2.24) is 14.8 Å². The molecule has 0 atom stereocenters. The van der Waals surface area contributed by atoms with Crippen LogP contribution in [0.4, 0.5) is 0 Å². The number of primary amides is 1. The average molecular weight is 338 g/mol. The van der Waals surface area contributed by atoms with Crippen LogP contribution in [0, 0.1) is 0 Å². The number of nitrogens with two attached hydrogens (primary N) is 1. The maximum Gasteiger partial charge on any atom is 0.246 e. The van der Waals surface area contributed by atoms with Crippen molar-refractivity contribution in [2.24, 2.45) is 5.73 Å². The molecule has 2 N–H and O–H groups in total. The zero-order chi connectivity index (χ0) is 17.6. The molecule has 1 aliphatic rings. The van der Waals surface area contributed by atoms with E-state index >= 15 is 0 Å². The van der Waals surface area contributed by atoms with E-state index in [-0.39, 0.29) is 18.4 Å². The first kappa shape index (κ1) is 17.1. The summed E-state index contributed by atoms with van der Waals surface area (Å²) in [6.45, 7) is 2.98. The van der Waals surface area contributed by atoms with Gasteiger partial charge in [-0.1, -0.05) is 24.3 Å². The predicted octanol–water partition coefficient (Wildman–Crippen LogP) is 1.27. The molecule has 1 aromatic carbocycles. The first-order valence-electron chi connectivity index (χ1n) is 8.45. The molecule has 3 rings (SSSR count). The summed E-state index contributed by atoms with van der Waals surface area (Å²) in [6, 6.07) is 9.82. The fraction of sp³-hybridized carbons (Fsp3) is 0.316. The van der Waals surface area contributed by atoms with Gasteiger partial charge in [0.2, 0.25) is 11.8 Å². The lowest BCUT2D eigenvalue weighted by Gasteiger charge is -2.20. The molecule has 0 spiro atoms. The molecule has 0 unspecified atom stereocenters. The van der Waals surface area contributed by atoms with E-state index in [4.69, 9.17) is 5.73 Å². The number of benzene rings is 1. The molecule has 0 aliphatic carbocycles. The fourth-order valence-electron chi connectivity index (χ4n) is 3.10. The Morgan fingerprint density at radius 3 is 2.80 bits per heavy atom. The maximum absolute atomic E-state index is 12.5. The van der Waals surface area contributed by atoms with Gasteiger partial charge in [-0.3, -0.25) is 19.5 Å². The number of fused-ring (bicyclic) bond motifs is 1. The van der Waals surface area contributed by atoms with Crippen LogP contribution in [0.5, 0.6) is 0 Å². The molecule has 2 aromatic rings. The van der Waals surface area contributed by atoms with Gasteiger partial charge >= 0.3 is 0 Å². The monoisotopic (exact) mass is 338 g/mol. The molecule has 1 aromatic heterocycles. The van der Waals surface area contributed by atoms with Crippen LogP contribution in [0.15, 0.2) is 42.6 Å². The summed E-state index contributed by atoms with van der Waals surface area (Å²) in [5, 5.41) is 1.05. The van der Waals surface area contributed by atoms with Crippen molar-refractivity contribution in [1.29, 1.82) is 0 Å². The second kappa shape index (κ2) is 7.90. The number of amides is 2. The van der Waals surface area contributed by atoms with E-state index in [2.05, 4.69) is 4.98 Å². The third kappa shape index (κ3) is 4.42. The Bertz CT molecular complexity index is 798. The summed E-state index contributed by atoms with van der Waals surface area (Å²) >= 11 is 0. The number of carbonyl (C=O) groups is 2. The number of hydrogen-bond acceptors (Lipinski definition) is 4. The highest BCUT2D eigenvalue weighted by molar-refractivity contribution is 5.95. The van der Waals surface area contributed by atoms with Crippen molar-refractivity contribution in [3.63, 3.8) is 0 Å². The van der Waals surface area contributed by atoms with Crippen molar-refractivity contribution < 1.29 is 9.59 Å². The molecule has 25 heavy (non-hydrogen) atoms. The predicted molar refractivity (Wildman–Crippen MR) is 97.6 cm³/mol. The van der Waals surface area contributed by atoms with Crippen molar-refractivity contribution >= 4 is 28.8 Å². The summed E-state index contributed by atoms with van der Waals surface area (Å²) in [7, 11) is 0. The summed E-state index contributed by atoms with van der Waals surface area (Å²) < 4.78 is 0. The van der Waals surface area contributed by atoms with Gasteiger partial charge in [-0.2, -0.15) is 0 Å². The van der Waals surface area contributed by atoms with Gasteiger partial charge in [-0.25, -0.2) is 0 Å². The van der Waals surface area contributed by atoms with Gasteiger partial charge in [0.25, 0.3) is 0 Å². The third-order valence-electron chi connectivity index (χ3n) is 4.35. The van der Waals surface area contributed by atoms with E-state index in [9.17, 15) is 9.59 Å². The Morgan fingerprint density at radius 2 is 1.96 bits per heavy atom. The lowest BCUT2D eigenvalue weighted by molar-refractivity contribution is -0.125. The summed E-state index contributed by atoms with van der Waals surface area (Å²) in [5.41, 5.74) is 7.06. The van der Waals surface area contributed by atoms with Crippen molar-refractivity contribution in [3.05, 3.63) is 48.2 Å². The van der Waals surface area contributed by atoms with Crippen LogP contribution < -0.4 is 5.73 Å². The highest BCUT2D eigenvalue weighted by Crippen LogP contribution is 2.17. The second-order valence-corrected chi connectivity index (χ2v) is 6.18. The zero-order valence-electron chi connectivity index (χ0n) is 14.1. The first-order valence-corrected chi connectivity index (χ1v) is 8.45. The molecule has 130 valence electrons. The SMILES string of the molecule is NC(=O)CN1CCCN(C(=O)/C=C\c2cccc3cccnc23)CC1. The van der Waals surface area contributed by atoms with Gasteiger partial charge in [0.15, 0.2) is 0 Å². The Morgan fingerprint density at radius 1 is 1.12 bits per heavy atom. The second-order valence-electron chi connectivity index (χ2n) is 6.18. The molecule has 1 saturated heterocycles. The fourth-order valence-corrected chi connectivity index (χ4v) is 3.10. The number of pyridine rings is 1. The van der Waals surface area contributed by atoms with Crippen molar-refractivity contribution in [3.8, 4) is 0 Å². The van der Waals surface area contributed by atoms with Crippen molar-refractivity contribution in [2.45, 2.75) is 6.42 Å². The molecule has 0 radical (unpaired) electrons. The lowest BCUT2D eigenvalue weighted by Crippen LogP contribution is -2.37. The van der Waals surface area contributed by atoms with E-state index in [0.717, 1.165) is 29.4 Å². The molecule has 2 heterocycles. The molecular formula is C19H22N4O2. The number of hydrogen-bond donors (Lipinski definition) is 1. The van der Waals surface area contributed by atoms with Crippen LogP contribution in [-0.2, 0) is 9.59 Å². The Labute approximate surface area is 146 Å². The summed E-state index contributed by atoms with van der Waals surface area (Å²) in [5.74, 6) is -0.350. The van der Waals surface area contributed by atoms with Gasteiger partial charge in [-0.15, -0.1) is 0 Å². The maximum atomic E-state index is 12.5. The third-order valence-corrected chi connectivity index (χ3v) is 4.35. The van der Waals surface area contributed by atoms with E-state index in [1.807, 2.05) is 46.2 Å². The molecular weight excluding hydrogens is 316 g/mol. The van der Waals surface area contributed by atoms with E-state index in [1.165, 1.54) is 0 Å². The topological polar surface area (TPSA) is 79.5 Å². The minimum Gasteiger partial charge on any atom is -0.369 e. The molecule has 6 nitrogen and oxygen atoms in total. The van der Waals surface area contributed by atoms with Crippen molar-refractivity contribution in [2.75, 3.05) is 32.7 Å². The van der Waals surface area contributed by atoms with E-state index < -0.39 is 0 Å². The van der Waals surface area contributed by atoms with Gasteiger partial charge in [-0.05, 0) is 18.6 Å². The number of carbonyl (C=O) groups excluding carboxylic acids is 2. The lowest BCUT2D eigenvalue weighted by atomic mass is 10.1. The van der Waals surface area contributed by atoms with Crippen LogP contribution >= 0.6 is 0 Å². The normalized spacial score (nSPS) is 16.2. The molecule has 1 fully saturated rings. The zero-order valence-corrected chi connectivity index (χ0v) is 14.1. The molecule has 0 saturated carbocycles. The largest absolute Gasteiger partial charge is 0.369 e. The first-order chi connectivity index (χ1) is 12.1. The van der Waals surface area contributed by atoms with Crippen LogP contribution in [-0.4, -0.2) is 59.3 Å². The molecule has 1 aliphatic heterocycles. The summed E-state index contributed by atoms with van der Waals surface area (Å²) in [6.07, 6.45) is 6.02. The standard InChI is InChI=1S/C19H22N4O2/c20-17(24)14-22-10-3-11-23(13-12-22)18(25)8-7-16-5-1-4-15-6-2-9-21-19(15)16/h1-2,4-9H,3,10-14H2,(H2,20,24)/b8-7-. The van der Waals surface area contributed by atoms with Gasteiger partial charge < -0.3 is 10.6 Å². The minimum absolute atomic E-state index is 0.0196. The van der Waals surface area contributed by atoms with Gasteiger partial charge in [0.05, 0.1) is 12.1 Å². The quantitative estimate of drug-likeness (QED) is 0.852. The molecule has 2 amide bonds. The van der Waals surface area contributed by atoms with Gasteiger partial charge in [0, 0.05) is 49.4 Å². The molecule has 0 bridgehead atoms. The number of aromatic nitrogens is 1. The number of nitrogens with zero attached hydrogens (tertiary/aromatic N) is 3. The Kier molecular flexibility index (Phi) is 5.40. The number of rotatable bonds is 4. The highest BCUT2D eigenvalue weighted by Gasteiger charge is 2.18. The van der Waals surface area contributed by atoms with Crippen LogP contribution in [0.1, 0.15) is 12.0 Å². The van der Waals surface area contributed by atoms with E-state index in [1.54, 1.807) is 12.3 Å². The summed E-state index contributed by atoms with van der Waals surface area (Å²) in [4.78, 5) is 31.7.